The smallest absolute Gasteiger partial charge is 0.138 e. The quantitative estimate of drug-likeness (QED) is 0.808. The average Bonchev–Trinajstić information content (AvgIpc) is 3.11. The number of aromatic nitrogens is 2. The van der Waals surface area contributed by atoms with Crippen LogP contribution in [0.5, 0.6) is 0 Å². The van der Waals surface area contributed by atoms with Crippen LogP contribution in [0.1, 0.15) is 38.1 Å². The lowest BCUT2D eigenvalue weighted by Gasteiger charge is -2.05. The molecule has 0 atom stereocenters. The van der Waals surface area contributed by atoms with E-state index >= 15 is 0 Å². The summed E-state index contributed by atoms with van der Waals surface area (Å²) in [7, 11) is 0. The number of nitrogens with one attached hydrogen (secondary N) is 1. The molecule has 1 aliphatic carbocycles. The first-order chi connectivity index (χ1) is 8.24. The molecule has 1 heterocycles. The van der Waals surface area contributed by atoms with Crippen molar-refractivity contribution in [1.29, 1.82) is 0 Å². The van der Waals surface area contributed by atoms with E-state index in [1.54, 1.807) is 0 Å². The highest BCUT2D eigenvalue weighted by Crippen LogP contribution is 2.19. The second-order valence-corrected chi connectivity index (χ2v) is 6.10. The molecule has 1 aliphatic rings. The minimum Gasteiger partial charge on any atom is -0.310 e. The van der Waals surface area contributed by atoms with Crippen molar-refractivity contribution in [3.63, 3.8) is 0 Å². The van der Waals surface area contributed by atoms with Crippen LogP contribution in [0.3, 0.4) is 0 Å². The normalized spacial score (nSPS) is 15.5. The maximum atomic E-state index is 4.40. The first-order valence-electron chi connectivity index (χ1n) is 6.35. The summed E-state index contributed by atoms with van der Waals surface area (Å²) < 4.78 is 0. The van der Waals surface area contributed by atoms with Gasteiger partial charge in [0.05, 0.1) is 5.75 Å². The fourth-order valence-corrected chi connectivity index (χ4v) is 2.40. The molecular formula is C13H21N3S. The third-order valence-corrected chi connectivity index (χ3v) is 3.98. The first-order valence-corrected chi connectivity index (χ1v) is 7.50. The van der Waals surface area contributed by atoms with E-state index in [0.29, 0.717) is 0 Å². The third kappa shape index (κ3) is 5.04. The molecule has 0 radical (unpaired) electrons. The van der Waals surface area contributed by atoms with Crippen LogP contribution >= 0.6 is 11.8 Å². The highest BCUT2D eigenvalue weighted by molar-refractivity contribution is 7.98. The van der Waals surface area contributed by atoms with Gasteiger partial charge < -0.3 is 5.32 Å². The number of rotatable bonds is 7. The van der Waals surface area contributed by atoms with Crippen molar-refractivity contribution >= 4 is 11.8 Å². The summed E-state index contributed by atoms with van der Waals surface area (Å²) in [6, 6.07) is 0.747. The molecule has 1 aromatic rings. The van der Waals surface area contributed by atoms with E-state index in [2.05, 4.69) is 29.1 Å². The van der Waals surface area contributed by atoms with Gasteiger partial charge in [0.1, 0.15) is 5.82 Å². The van der Waals surface area contributed by atoms with Crippen LogP contribution in [0, 0.1) is 5.92 Å². The standard InChI is InChI=1S/C13H21N3S/c1-10(2)8-17-9-13-15-6-11(7-16-13)5-14-12-3-4-12/h6-7,10,12,14H,3-5,8-9H2,1-2H3. The van der Waals surface area contributed by atoms with Gasteiger partial charge in [-0.05, 0) is 24.5 Å². The van der Waals surface area contributed by atoms with Crippen LogP contribution in [-0.2, 0) is 12.3 Å². The van der Waals surface area contributed by atoms with Crippen LogP contribution < -0.4 is 5.32 Å². The molecule has 0 amide bonds. The Morgan fingerprint density at radius 1 is 1.35 bits per heavy atom. The zero-order valence-corrected chi connectivity index (χ0v) is 11.5. The average molecular weight is 251 g/mol. The molecule has 17 heavy (non-hydrogen) atoms. The summed E-state index contributed by atoms with van der Waals surface area (Å²) in [6.07, 6.45) is 6.55. The van der Waals surface area contributed by atoms with Gasteiger partial charge in [0.15, 0.2) is 0 Å². The van der Waals surface area contributed by atoms with E-state index in [1.165, 1.54) is 24.2 Å². The summed E-state index contributed by atoms with van der Waals surface area (Å²) >= 11 is 1.91. The molecule has 3 nitrogen and oxygen atoms in total. The van der Waals surface area contributed by atoms with E-state index in [9.17, 15) is 0 Å². The third-order valence-electron chi connectivity index (χ3n) is 2.61. The second-order valence-electron chi connectivity index (χ2n) is 5.07. The van der Waals surface area contributed by atoms with E-state index in [1.807, 2.05) is 24.2 Å². The maximum absolute atomic E-state index is 4.40. The molecule has 0 aliphatic heterocycles. The van der Waals surface area contributed by atoms with Crippen LogP contribution in [0.25, 0.3) is 0 Å². The lowest BCUT2D eigenvalue weighted by atomic mass is 10.3. The van der Waals surface area contributed by atoms with Crippen molar-refractivity contribution in [2.24, 2.45) is 5.92 Å². The second kappa shape index (κ2) is 6.36. The van der Waals surface area contributed by atoms with Gasteiger partial charge in [0, 0.05) is 30.5 Å². The SMILES string of the molecule is CC(C)CSCc1ncc(CNC2CC2)cn1. The number of thioether (sulfide) groups is 1. The Kier molecular flexibility index (Phi) is 4.80. The van der Waals surface area contributed by atoms with Crippen LogP contribution in [-0.4, -0.2) is 21.8 Å². The van der Waals surface area contributed by atoms with Gasteiger partial charge in [-0.25, -0.2) is 9.97 Å². The number of nitrogens with zero attached hydrogens (tertiary/aromatic N) is 2. The summed E-state index contributed by atoms with van der Waals surface area (Å²) in [6.45, 7) is 5.38. The summed E-state index contributed by atoms with van der Waals surface area (Å²) in [4.78, 5) is 8.80. The Balaban J connectivity index is 1.72. The molecule has 0 saturated heterocycles. The molecule has 0 bridgehead atoms. The van der Waals surface area contributed by atoms with E-state index in [0.717, 1.165) is 30.1 Å². The summed E-state index contributed by atoms with van der Waals surface area (Å²) in [5, 5.41) is 3.47. The zero-order valence-electron chi connectivity index (χ0n) is 10.6. The van der Waals surface area contributed by atoms with Crippen molar-refractivity contribution in [2.45, 2.75) is 45.0 Å². The van der Waals surface area contributed by atoms with Crippen molar-refractivity contribution < 1.29 is 0 Å². The first kappa shape index (κ1) is 12.8. The Morgan fingerprint density at radius 2 is 2.06 bits per heavy atom. The molecular weight excluding hydrogens is 230 g/mol. The van der Waals surface area contributed by atoms with Gasteiger partial charge >= 0.3 is 0 Å². The Bertz CT molecular complexity index is 333. The largest absolute Gasteiger partial charge is 0.310 e. The Hall–Kier alpha value is -0.610. The summed E-state index contributed by atoms with van der Waals surface area (Å²) in [5.41, 5.74) is 1.19. The Morgan fingerprint density at radius 3 is 2.65 bits per heavy atom. The fraction of sp³-hybridized carbons (Fsp3) is 0.692. The molecule has 2 rings (SSSR count). The predicted octanol–water partition coefficient (Wildman–Crippen LogP) is 2.62. The minimum atomic E-state index is 0.738. The van der Waals surface area contributed by atoms with Crippen molar-refractivity contribution in [3.8, 4) is 0 Å². The van der Waals surface area contributed by atoms with Crippen LogP contribution in [0.2, 0.25) is 0 Å². The van der Waals surface area contributed by atoms with E-state index in [-0.39, 0.29) is 0 Å². The molecule has 0 spiro atoms. The maximum Gasteiger partial charge on any atom is 0.138 e. The lowest BCUT2D eigenvalue weighted by molar-refractivity contribution is 0.682. The van der Waals surface area contributed by atoms with Gasteiger partial charge in [-0.1, -0.05) is 13.8 Å². The van der Waals surface area contributed by atoms with Gasteiger partial charge in [0.2, 0.25) is 0 Å². The minimum absolute atomic E-state index is 0.738. The van der Waals surface area contributed by atoms with Crippen molar-refractivity contribution in [1.82, 2.24) is 15.3 Å². The van der Waals surface area contributed by atoms with Gasteiger partial charge in [0.25, 0.3) is 0 Å². The van der Waals surface area contributed by atoms with Crippen molar-refractivity contribution in [3.05, 3.63) is 23.8 Å². The molecule has 1 saturated carbocycles. The monoisotopic (exact) mass is 251 g/mol. The van der Waals surface area contributed by atoms with Crippen LogP contribution in [0.15, 0.2) is 12.4 Å². The van der Waals surface area contributed by atoms with Gasteiger partial charge in [-0.15, -0.1) is 0 Å². The topological polar surface area (TPSA) is 37.8 Å². The fourth-order valence-electron chi connectivity index (χ4n) is 1.48. The lowest BCUT2D eigenvalue weighted by Crippen LogP contribution is -2.15. The molecule has 0 unspecified atom stereocenters. The molecule has 94 valence electrons. The molecule has 0 aromatic carbocycles. The Labute approximate surface area is 108 Å². The highest BCUT2D eigenvalue weighted by Gasteiger charge is 2.19. The van der Waals surface area contributed by atoms with E-state index < -0.39 is 0 Å². The van der Waals surface area contributed by atoms with Gasteiger partial charge in [-0.3, -0.25) is 0 Å². The highest BCUT2D eigenvalue weighted by atomic mass is 32.2. The predicted molar refractivity (Wildman–Crippen MR) is 72.9 cm³/mol. The molecule has 1 aromatic heterocycles. The molecule has 1 N–H and O–H groups in total. The zero-order chi connectivity index (χ0) is 12.1. The van der Waals surface area contributed by atoms with Gasteiger partial charge in [-0.2, -0.15) is 11.8 Å². The van der Waals surface area contributed by atoms with Crippen molar-refractivity contribution in [2.75, 3.05) is 5.75 Å². The number of hydrogen-bond acceptors (Lipinski definition) is 4. The summed E-state index contributed by atoms with van der Waals surface area (Å²) in [5.74, 6) is 3.79. The van der Waals surface area contributed by atoms with Crippen LogP contribution in [0.4, 0.5) is 0 Å². The number of hydrogen-bond donors (Lipinski definition) is 1. The molecule has 1 fully saturated rings. The van der Waals surface area contributed by atoms with E-state index in [4.69, 9.17) is 0 Å². The molecule has 4 heteroatoms.